The topological polar surface area (TPSA) is 0 Å². The molecule has 0 amide bonds. The molecule has 0 radical (unpaired) electrons. The summed E-state index contributed by atoms with van der Waals surface area (Å²) in [6, 6.07) is 0. The Morgan fingerprint density at radius 2 is 1.44 bits per heavy atom. The first-order valence-electron chi connectivity index (χ1n) is 6.89. The third-order valence-corrected chi connectivity index (χ3v) is 15.3. The van der Waals surface area contributed by atoms with Crippen LogP contribution in [0.1, 0.15) is 39.0 Å². The molecule has 96 valence electrons. The average Bonchev–Trinajstić information content (AvgIpc) is 2.06. The summed E-state index contributed by atoms with van der Waals surface area (Å²) in [5.41, 5.74) is 0. The molecule has 0 nitrogen and oxygen atoms in total. The number of allylic oxidation sites excluding steroid dienone is 1. The van der Waals surface area contributed by atoms with Crippen molar-refractivity contribution in [2.75, 3.05) is 0 Å². The first kappa shape index (κ1) is 17.3. The van der Waals surface area contributed by atoms with E-state index in [4.69, 9.17) is 0 Å². The summed E-state index contributed by atoms with van der Waals surface area (Å²) in [7, 11) is 0. The van der Waals surface area contributed by atoms with Crippen LogP contribution in [-0.2, 0) is 0 Å². The fourth-order valence-corrected chi connectivity index (χ4v) is 25.8. The Kier molecular flexibility index (Phi) is 8.35. The molecule has 0 aromatic heterocycles. The second kappa shape index (κ2) is 7.70. The summed E-state index contributed by atoms with van der Waals surface area (Å²) in [6.45, 7) is 2.30. The maximum atomic E-state index is 2.79. The Bertz CT molecular complexity index is 216. The van der Waals surface area contributed by atoms with Crippen LogP contribution >= 0.6 is 0 Å². The van der Waals surface area contributed by atoms with Crippen molar-refractivity contribution in [1.82, 2.24) is 0 Å². The van der Waals surface area contributed by atoms with E-state index in [1.54, 1.807) is 0 Å². The molecule has 0 unspecified atom stereocenters. The van der Waals surface area contributed by atoms with Crippen molar-refractivity contribution < 1.29 is 0 Å². The number of unbranched alkanes of at least 4 members (excludes halogenated alkanes) is 3. The summed E-state index contributed by atoms with van der Waals surface area (Å²) in [5.74, 6) is 0. The van der Waals surface area contributed by atoms with Gasteiger partial charge in [-0.3, -0.25) is 0 Å². The van der Waals surface area contributed by atoms with E-state index >= 15 is 0 Å². The third-order valence-electron chi connectivity index (χ3n) is 2.87. The van der Waals surface area contributed by atoms with Gasteiger partial charge in [-0.15, -0.1) is 0 Å². The summed E-state index contributed by atoms with van der Waals surface area (Å²) >= 11 is -3.49. The quantitative estimate of drug-likeness (QED) is 0.357. The molecular formula is C14H32Sn2. The Balaban J connectivity index is 4.42. The van der Waals surface area contributed by atoms with Crippen molar-refractivity contribution in [2.45, 2.75) is 68.7 Å². The maximum absolute atomic E-state index is 2.79. The monoisotopic (exact) mass is 440 g/mol. The predicted molar refractivity (Wildman–Crippen MR) is 83.5 cm³/mol. The van der Waals surface area contributed by atoms with E-state index in [0.29, 0.717) is 0 Å². The van der Waals surface area contributed by atoms with E-state index in [1.165, 1.54) is 32.1 Å². The molecule has 0 fully saturated rings. The van der Waals surface area contributed by atoms with Gasteiger partial charge in [0.25, 0.3) is 0 Å². The molecule has 0 atom stereocenters. The molecule has 0 aromatic carbocycles. The number of hydrogen-bond acceptors (Lipinski definition) is 0. The van der Waals surface area contributed by atoms with Gasteiger partial charge in [0.15, 0.2) is 0 Å². The van der Waals surface area contributed by atoms with Gasteiger partial charge in [-0.25, -0.2) is 0 Å². The second-order valence-electron chi connectivity index (χ2n) is 7.10. The average molecular weight is 438 g/mol. The van der Waals surface area contributed by atoms with Crippen LogP contribution in [0.3, 0.4) is 0 Å². The van der Waals surface area contributed by atoms with Crippen LogP contribution in [0.5, 0.6) is 0 Å². The molecule has 0 aliphatic carbocycles. The van der Waals surface area contributed by atoms with Gasteiger partial charge in [0, 0.05) is 0 Å². The number of hydrogen-bond donors (Lipinski definition) is 0. The zero-order chi connectivity index (χ0) is 12.8. The zero-order valence-electron chi connectivity index (χ0n) is 12.6. The molecule has 0 rings (SSSR count). The summed E-state index contributed by atoms with van der Waals surface area (Å²) in [5, 5.41) is 0. The van der Waals surface area contributed by atoms with Crippen molar-refractivity contribution in [3.8, 4) is 0 Å². The zero-order valence-corrected chi connectivity index (χ0v) is 18.3. The minimum absolute atomic E-state index is 1.36. The van der Waals surface area contributed by atoms with Crippen LogP contribution in [0.25, 0.3) is 0 Å². The Labute approximate surface area is 112 Å². The first-order valence-corrected chi connectivity index (χ1v) is 27.1. The fraction of sp³-hybridized carbons (Fsp3) is 0.857. The Morgan fingerprint density at radius 1 is 0.875 bits per heavy atom. The normalized spacial score (nSPS) is 14.3. The predicted octanol–water partition coefficient (Wildman–Crippen LogP) is 5.64. The van der Waals surface area contributed by atoms with Gasteiger partial charge in [0.1, 0.15) is 0 Å². The molecule has 0 heterocycles. The van der Waals surface area contributed by atoms with Crippen LogP contribution in [-0.4, -0.2) is 36.8 Å². The number of rotatable bonds is 7. The van der Waals surface area contributed by atoms with E-state index in [0.717, 1.165) is 0 Å². The van der Waals surface area contributed by atoms with Gasteiger partial charge in [0.05, 0.1) is 0 Å². The summed E-state index contributed by atoms with van der Waals surface area (Å²) in [6.07, 6.45) is 7.08. The SMILES string of the molecule is CCCCCC/[C](=[CH]\[Sn]([CH3])([CH3])[CH3])[Sn]([CH3])([CH3])[CH3]. The fourth-order valence-electron chi connectivity index (χ4n) is 1.93. The van der Waals surface area contributed by atoms with Crippen LogP contribution in [0.4, 0.5) is 0 Å². The molecule has 0 saturated heterocycles. The third kappa shape index (κ3) is 9.38. The van der Waals surface area contributed by atoms with Crippen LogP contribution < -0.4 is 0 Å². The van der Waals surface area contributed by atoms with Gasteiger partial charge in [-0.05, 0) is 0 Å². The minimum atomic E-state index is -1.77. The van der Waals surface area contributed by atoms with E-state index in [2.05, 4.69) is 40.7 Å². The Hall–Kier alpha value is 1.34. The van der Waals surface area contributed by atoms with Gasteiger partial charge < -0.3 is 0 Å². The van der Waals surface area contributed by atoms with Crippen molar-refractivity contribution in [3.05, 3.63) is 7.68 Å². The van der Waals surface area contributed by atoms with Gasteiger partial charge in [-0.2, -0.15) is 0 Å². The van der Waals surface area contributed by atoms with Gasteiger partial charge in [0.2, 0.25) is 0 Å². The Morgan fingerprint density at radius 3 is 1.81 bits per heavy atom. The van der Waals surface area contributed by atoms with Crippen LogP contribution in [0, 0.1) is 0 Å². The molecule has 0 aliphatic heterocycles. The second-order valence-corrected chi connectivity index (χ2v) is 36.1. The standard InChI is InChI=1S/C8H14.6CH3.2Sn/c1-3-5-7-8-6-4-2;;;;;;;;/h1H,4-8H2,2H3;6*1H3;;. The van der Waals surface area contributed by atoms with Crippen LogP contribution in [0.2, 0.25) is 29.6 Å². The van der Waals surface area contributed by atoms with Crippen molar-refractivity contribution in [2.24, 2.45) is 0 Å². The molecule has 0 spiro atoms. The van der Waals surface area contributed by atoms with Crippen molar-refractivity contribution in [3.63, 3.8) is 0 Å². The van der Waals surface area contributed by atoms with E-state index in [1.807, 2.05) is 3.59 Å². The first-order chi connectivity index (χ1) is 7.17. The molecule has 0 saturated carbocycles. The van der Waals surface area contributed by atoms with Crippen LogP contribution in [0.15, 0.2) is 7.68 Å². The van der Waals surface area contributed by atoms with Crippen molar-refractivity contribution in [1.29, 1.82) is 0 Å². The summed E-state index contributed by atoms with van der Waals surface area (Å²) in [4.78, 5) is 15.4. The molecule has 0 bridgehead atoms. The molecule has 16 heavy (non-hydrogen) atoms. The van der Waals surface area contributed by atoms with E-state index in [-0.39, 0.29) is 0 Å². The molecule has 2 heteroatoms. The molecule has 0 aliphatic rings. The van der Waals surface area contributed by atoms with E-state index < -0.39 is 36.8 Å². The molecule has 0 aromatic rings. The van der Waals surface area contributed by atoms with E-state index in [9.17, 15) is 0 Å². The van der Waals surface area contributed by atoms with Gasteiger partial charge >= 0.3 is 113 Å². The molecule has 0 N–H and O–H groups in total. The summed E-state index contributed by atoms with van der Waals surface area (Å²) < 4.78 is 4.73. The van der Waals surface area contributed by atoms with Crippen molar-refractivity contribution >= 4 is 36.8 Å². The van der Waals surface area contributed by atoms with Gasteiger partial charge in [-0.1, -0.05) is 0 Å². The molecular weight excluding hydrogens is 406 g/mol.